The molecular formula is C15H22IN3O4. The van der Waals surface area contributed by atoms with E-state index in [-0.39, 0.29) is 24.7 Å². The Labute approximate surface area is 149 Å². The van der Waals surface area contributed by atoms with Crippen LogP contribution in [0.4, 0.5) is 9.59 Å². The number of carbonyl (C=O) groups is 2. The summed E-state index contributed by atoms with van der Waals surface area (Å²) >= 11 is 2.19. The van der Waals surface area contributed by atoms with Gasteiger partial charge in [-0.05, 0) is 49.4 Å². The van der Waals surface area contributed by atoms with Gasteiger partial charge in [0.25, 0.3) is 0 Å². The molecule has 2 atom stereocenters. The summed E-state index contributed by atoms with van der Waals surface area (Å²) in [5.74, 6) is 0. The molecule has 2 bridgehead atoms. The van der Waals surface area contributed by atoms with Crippen molar-refractivity contribution in [1.82, 2.24) is 15.3 Å². The average Bonchev–Trinajstić information content (AvgIpc) is 2.67. The third kappa shape index (κ3) is 4.37. The smallest absolute Gasteiger partial charge is 0.407 e. The highest BCUT2D eigenvalue weighted by Crippen LogP contribution is 2.32. The minimum absolute atomic E-state index is 0.105. The maximum atomic E-state index is 12.4. The molecule has 3 amide bonds. The van der Waals surface area contributed by atoms with E-state index in [1.165, 1.54) is 5.06 Å². The summed E-state index contributed by atoms with van der Waals surface area (Å²) in [6.45, 7) is 10.1. The maximum absolute atomic E-state index is 12.4. The van der Waals surface area contributed by atoms with E-state index < -0.39 is 11.7 Å². The summed E-state index contributed by atoms with van der Waals surface area (Å²) in [6, 6.07) is -0.507. The molecule has 0 aromatic heterocycles. The number of urea groups is 1. The molecule has 128 valence electrons. The minimum atomic E-state index is -0.552. The molecule has 1 unspecified atom stereocenters. The number of nitrogens with zero attached hydrogens (tertiary/aromatic N) is 2. The molecule has 0 aromatic carbocycles. The fraction of sp³-hybridized carbons (Fsp3) is 0.600. The largest absolute Gasteiger partial charge is 0.444 e. The van der Waals surface area contributed by atoms with Gasteiger partial charge in [0.2, 0.25) is 0 Å². The van der Waals surface area contributed by atoms with Crippen LogP contribution in [0.5, 0.6) is 0 Å². The number of ether oxygens (including phenoxy) is 1. The van der Waals surface area contributed by atoms with Gasteiger partial charge in [-0.15, -0.1) is 6.58 Å². The van der Waals surface area contributed by atoms with Crippen molar-refractivity contribution in [1.29, 1.82) is 0 Å². The van der Waals surface area contributed by atoms with Gasteiger partial charge in [-0.3, -0.25) is 4.84 Å². The third-order valence-corrected chi connectivity index (χ3v) is 4.41. The van der Waals surface area contributed by atoms with Crippen LogP contribution < -0.4 is 5.32 Å². The van der Waals surface area contributed by atoms with Crippen molar-refractivity contribution in [2.75, 3.05) is 19.7 Å². The highest BCUT2D eigenvalue weighted by molar-refractivity contribution is 14.1. The van der Waals surface area contributed by atoms with Crippen molar-refractivity contribution >= 4 is 34.7 Å². The molecule has 2 rings (SSSR count). The molecule has 2 aliphatic heterocycles. The van der Waals surface area contributed by atoms with Gasteiger partial charge in [0, 0.05) is 16.7 Å². The normalized spacial score (nSPS) is 23.7. The van der Waals surface area contributed by atoms with Crippen molar-refractivity contribution in [3.8, 4) is 0 Å². The van der Waals surface area contributed by atoms with E-state index in [9.17, 15) is 9.59 Å². The quantitative estimate of drug-likeness (QED) is 0.532. The summed E-state index contributed by atoms with van der Waals surface area (Å²) in [5.41, 5.74) is -0.552. The average molecular weight is 435 g/mol. The van der Waals surface area contributed by atoms with Gasteiger partial charge in [0.05, 0.1) is 18.7 Å². The molecule has 0 aliphatic carbocycles. The number of alkyl carbamates (subject to hydrolysis) is 1. The van der Waals surface area contributed by atoms with Gasteiger partial charge in [-0.1, -0.05) is 6.08 Å². The minimum Gasteiger partial charge on any atom is -0.444 e. The zero-order chi connectivity index (χ0) is 17.2. The van der Waals surface area contributed by atoms with E-state index in [0.29, 0.717) is 13.1 Å². The number of rotatable bonds is 5. The van der Waals surface area contributed by atoms with E-state index in [1.807, 2.05) is 6.08 Å². The topological polar surface area (TPSA) is 71.1 Å². The molecule has 7 nitrogen and oxygen atoms in total. The second-order valence-corrected chi connectivity index (χ2v) is 7.61. The fourth-order valence-corrected chi connectivity index (χ4v) is 3.40. The zero-order valence-corrected chi connectivity index (χ0v) is 15.7. The number of hydrogen-bond acceptors (Lipinski definition) is 4. The highest BCUT2D eigenvalue weighted by Gasteiger charge is 2.45. The van der Waals surface area contributed by atoms with E-state index in [4.69, 9.17) is 9.57 Å². The third-order valence-electron chi connectivity index (χ3n) is 3.34. The van der Waals surface area contributed by atoms with Crippen molar-refractivity contribution < 1.29 is 19.2 Å². The van der Waals surface area contributed by atoms with E-state index in [2.05, 4.69) is 34.5 Å². The van der Waals surface area contributed by atoms with Crippen molar-refractivity contribution in [2.24, 2.45) is 0 Å². The molecule has 0 radical (unpaired) electrons. The predicted molar refractivity (Wildman–Crippen MR) is 94.0 cm³/mol. The standard InChI is InChI=1S/C15H22IN3O4/c1-5-6-22-19-10-7-11(16)12(18(9-10)14(19)21)8-17-13(20)23-15(2,3)4/h5,7,10,12H,1,6,8-9H2,2-4H3,(H,17,20)/t10?,12-/m1/s1. The second-order valence-electron chi connectivity index (χ2n) is 6.36. The molecule has 1 N–H and O–H groups in total. The maximum Gasteiger partial charge on any atom is 0.407 e. The van der Waals surface area contributed by atoms with Gasteiger partial charge < -0.3 is 15.0 Å². The van der Waals surface area contributed by atoms with Crippen LogP contribution in [-0.2, 0) is 9.57 Å². The van der Waals surface area contributed by atoms with Gasteiger partial charge in [-0.25, -0.2) is 9.59 Å². The first-order valence-corrected chi connectivity index (χ1v) is 8.48. The van der Waals surface area contributed by atoms with Crippen LogP contribution in [0.3, 0.4) is 0 Å². The molecule has 0 saturated carbocycles. The van der Waals surface area contributed by atoms with Crippen molar-refractivity contribution in [3.05, 3.63) is 22.3 Å². The van der Waals surface area contributed by atoms with Gasteiger partial charge in [-0.2, -0.15) is 5.06 Å². The van der Waals surface area contributed by atoms with Crippen LogP contribution in [0.2, 0.25) is 0 Å². The number of hydroxylamine groups is 2. The van der Waals surface area contributed by atoms with Gasteiger partial charge in [0.1, 0.15) is 5.60 Å². The monoisotopic (exact) mass is 435 g/mol. The Kier molecular flexibility index (Phi) is 5.56. The van der Waals surface area contributed by atoms with Crippen LogP contribution >= 0.6 is 22.6 Å². The number of fused-ring (bicyclic) bond motifs is 2. The lowest BCUT2D eigenvalue weighted by Gasteiger charge is -2.29. The lowest BCUT2D eigenvalue weighted by atomic mass is 10.1. The van der Waals surface area contributed by atoms with Crippen LogP contribution in [0, 0.1) is 0 Å². The Hall–Kier alpha value is -1.29. The first-order valence-electron chi connectivity index (χ1n) is 7.40. The first-order chi connectivity index (χ1) is 10.7. The molecule has 0 aromatic rings. The zero-order valence-electron chi connectivity index (χ0n) is 13.5. The lowest BCUT2D eigenvalue weighted by Crippen LogP contribution is -2.47. The van der Waals surface area contributed by atoms with Crippen LogP contribution in [0.1, 0.15) is 20.8 Å². The molecule has 1 fully saturated rings. The number of hydrogen-bond donors (Lipinski definition) is 1. The van der Waals surface area contributed by atoms with Crippen molar-refractivity contribution in [2.45, 2.75) is 38.5 Å². The van der Waals surface area contributed by atoms with Crippen molar-refractivity contribution in [3.63, 3.8) is 0 Å². The Balaban J connectivity index is 1.98. The number of halogens is 1. The Morgan fingerprint density at radius 3 is 2.87 bits per heavy atom. The van der Waals surface area contributed by atoms with Crippen LogP contribution in [-0.4, -0.2) is 59.5 Å². The van der Waals surface area contributed by atoms with Gasteiger partial charge in [0.15, 0.2) is 0 Å². The molecular weight excluding hydrogens is 413 g/mol. The summed E-state index contributed by atoms with van der Waals surface area (Å²) in [5, 5.41) is 4.09. The molecule has 8 heteroatoms. The summed E-state index contributed by atoms with van der Waals surface area (Å²) in [4.78, 5) is 31.4. The summed E-state index contributed by atoms with van der Waals surface area (Å²) in [6.07, 6.45) is 3.10. The Morgan fingerprint density at radius 1 is 1.57 bits per heavy atom. The molecule has 23 heavy (non-hydrogen) atoms. The lowest BCUT2D eigenvalue weighted by molar-refractivity contribution is -0.107. The molecule has 2 aliphatic rings. The SMILES string of the molecule is C=CCON1C(=O)N2CC1C=C(I)[C@H]2CNC(=O)OC(C)(C)C. The van der Waals surface area contributed by atoms with E-state index >= 15 is 0 Å². The van der Waals surface area contributed by atoms with Crippen LogP contribution in [0.25, 0.3) is 0 Å². The number of carbonyl (C=O) groups excluding carboxylic acids is 2. The Bertz CT molecular complexity index is 529. The molecule has 2 heterocycles. The molecule has 1 saturated heterocycles. The van der Waals surface area contributed by atoms with E-state index in [0.717, 1.165) is 3.58 Å². The van der Waals surface area contributed by atoms with Gasteiger partial charge >= 0.3 is 12.1 Å². The summed E-state index contributed by atoms with van der Waals surface area (Å²) < 4.78 is 6.22. The van der Waals surface area contributed by atoms with E-state index in [1.54, 1.807) is 31.7 Å². The Morgan fingerprint density at radius 2 is 2.26 bits per heavy atom. The number of amides is 3. The predicted octanol–water partition coefficient (Wildman–Crippen LogP) is 2.44. The first kappa shape index (κ1) is 18.1. The highest BCUT2D eigenvalue weighted by atomic mass is 127. The van der Waals surface area contributed by atoms with Crippen LogP contribution in [0.15, 0.2) is 22.3 Å². The molecule has 0 spiro atoms. The second kappa shape index (κ2) is 7.08. The fourth-order valence-electron chi connectivity index (χ4n) is 2.43. The summed E-state index contributed by atoms with van der Waals surface area (Å²) in [7, 11) is 0. The number of nitrogens with one attached hydrogen (secondary N) is 1.